The van der Waals surface area contributed by atoms with E-state index in [1.54, 1.807) is 19.1 Å². The normalized spacial score (nSPS) is 10.5. The molecule has 0 radical (unpaired) electrons. The summed E-state index contributed by atoms with van der Waals surface area (Å²) in [6, 6.07) is 5.42. The zero-order valence-electron chi connectivity index (χ0n) is 10.1. The first-order chi connectivity index (χ1) is 8.97. The third-order valence-electron chi connectivity index (χ3n) is 2.60. The van der Waals surface area contributed by atoms with Crippen LogP contribution >= 0.6 is 43.2 Å². The first-order valence-corrected chi connectivity index (χ1v) is 7.89. The standard InChI is InChI=1S/C13H11Br2NO2S/c1-7-11(3-8(14)4-12(7)16)13(17)18-5-10-2-9(15)6-19-10/h2-4,6H,5,16H2,1H3. The minimum absolute atomic E-state index is 0.265. The van der Waals surface area contributed by atoms with Crippen LogP contribution in [0.15, 0.2) is 32.5 Å². The molecule has 0 aliphatic heterocycles. The van der Waals surface area contributed by atoms with Gasteiger partial charge in [0.1, 0.15) is 6.61 Å². The molecule has 2 rings (SSSR count). The van der Waals surface area contributed by atoms with Gasteiger partial charge in [-0.3, -0.25) is 0 Å². The lowest BCUT2D eigenvalue weighted by Gasteiger charge is -2.09. The second kappa shape index (κ2) is 6.07. The highest BCUT2D eigenvalue weighted by Gasteiger charge is 2.14. The largest absolute Gasteiger partial charge is 0.456 e. The fraction of sp³-hybridized carbons (Fsp3) is 0.154. The summed E-state index contributed by atoms with van der Waals surface area (Å²) in [5, 5.41) is 1.95. The van der Waals surface area contributed by atoms with Crippen LogP contribution in [0.2, 0.25) is 0 Å². The number of carbonyl (C=O) groups excluding carboxylic acids is 1. The lowest BCUT2D eigenvalue weighted by molar-refractivity contribution is 0.0476. The average molecular weight is 405 g/mol. The molecule has 0 aliphatic rings. The number of esters is 1. The van der Waals surface area contributed by atoms with Gasteiger partial charge >= 0.3 is 5.97 Å². The Labute approximate surface area is 132 Å². The topological polar surface area (TPSA) is 52.3 Å². The van der Waals surface area contributed by atoms with E-state index in [2.05, 4.69) is 31.9 Å². The molecule has 1 aromatic heterocycles. The Bertz CT molecular complexity index is 625. The van der Waals surface area contributed by atoms with Gasteiger partial charge in [-0.1, -0.05) is 15.9 Å². The lowest BCUT2D eigenvalue weighted by atomic mass is 10.1. The summed E-state index contributed by atoms with van der Waals surface area (Å²) in [6.45, 7) is 2.07. The summed E-state index contributed by atoms with van der Waals surface area (Å²) >= 11 is 8.22. The Hall–Kier alpha value is -0.850. The molecule has 0 saturated carbocycles. The second-order valence-electron chi connectivity index (χ2n) is 3.97. The van der Waals surface area contributed by atoms with Crippen molar-refractivity contribution in [3.63, 3.8) is 0 Å². The Morgan fingerprint density at radius 3 is 2.68 bits per heavy atom. The number of anilines is 1. The van der Waals surface area contributed by atoms with Crippen LogP contribution in [0.25, 0.3) is 0 Å². The molecule has 2 aromatic rings. The van der Waals surface area contributed by atoms with E-state index in [0.717, 1.165) is 19.4 Å². The van der Waals surface area contributed by atoms with Crippen LogP contribution in [0, 0.1) is 6.92 Å². The van der Waals surface area contributed by atoms with Crippen LogP contribution in [0.3, 0.4) is 0 Å². The van der Waals surface area contributed by atoms with E-state index in [1.807, 2.05) is 11.4 Å². The van der Waals surface area contributed by atoms with E-state index >= 15 is 0 Å². The van der Waals surface area contributed by atoms with E-state index in [0.29, 0.717) is 11.3 Å². The van der Waals surface area contributed by atoms with Crippen molar-refractivity contribution in [2.45, 2.75) is 13.5 Å². The Balaban J connectivity index is 2.12. The molecule has 0 aliphatic carbocycles. The maximum absolute atomic E-state index is 12.0. The number of rotatable bonds is 3. The fourth-order valence-electron chi connectivity index (χ4n) is 1.56. The molecule has 0 atom stereocenters. The molecule has 1 heterocycles. The van der Waals surface area contributed by atoms with Crippen LogP contribution < -0.4 is 5.73 Å². The van der Waals surface area contributed by atoms with Crippen molar-refractivity contribution in [2.24, 2.45) is 0 Å². The molecule has 0 spiro atoms. The third-order valence-corrected chi connectivity index (χ3v) is 4.73. The molecule has 0 amide bonds. The van der Waals surface area contributed by atoms with Crippen molar-refractivity contribution >= 4 is 54.9 Å². The summed E-state index contributed by atoms with van der Waals surface area (Å²) in [5.41, 5.74) is 7.62. The highest BCUT2D eigenvalue weighted by Crippen LogP contribution is 2.25. The predicted molar refractivity (Wildman–Crippen MR) is 84.4 cm³/mol. The van der Waals surface area contributed by atoms with Crippen molar-refractivity contribution in [1.29, 1.82) is 0 Å². The molecule has 19 heavy (non-hydrogen) atoms. The van der Waals surface area contributed by atoms with E-state index < -0.39 is 0 Å². The van der Waals surface area contributed by atoms with Crippen LogP contribution in [0.4, 0.5) is 5.69 Å². The molecule has 100 valence electrons. The van der Waals surface area contributed by atoms with Gasteiger partial charge in [-0.25, -0.2) is 4.79 Å². The van der Waals surface area contributed by atoms with Gasteiger partial charge in [0.25, 0.3) is 0 Å². The van der Waals surface area contributed by atoms with Crippen LogP contribution in [-0.4, -0.2) is 5.97 Å². The quantitative estimate of drug-likeness (QED) is 0.604. The number of hydrogen-bond donors (Lipinski definition) is 1. The summed E-state index contributed by atoms with van der Waals surface area (Å²) in [4.78, 5) is 13.0. The molecular weight excluding hydrogens is 394 g/mol. The summed E-state index contributed by atoms with van der Waals surface area (Å²) < 4.78 is 7.05. The van der Waals surface area contributed by atoms with Gasteiger partial charge in [0, 0.05) is 24.9 Å². The first kappa shape index (κ1) is 14.6. The highest BCUT2D eigenvalue weighted by molar-refractivity contribution is 9.10. The number of thiophene rings is 1. The molecule has 1 aromatic carbocycles. The number of benzene rings is 1. The van der Waals surface area contributed by atoms with Crippen LogP contribution in [0.5, 0.6) is 0 Å². The Kier molecular flexibility index (Phi) is 4.65. The van der Waals surface area contributed by atoms with Gasteiger partial charge in [0.05, 0.1) is 5.56 Å². The zero-order valence-corrected chi connectivity index (χ0v) is 14.1. The van der Waals surface area contributed by atoms with E-state index in [-0.39, 0.29) is 12.6 Å². The number of nitrogen functional groups attached to an aromatic ring is 1. The molecule has 0 bridgehead atoms. The van der Waals surface area contributed by atoms with Crippen LogP contribution in [-0.2, 0) is 11.3 Å². The monoisotopic (exact) mass is 403 g/mol. The third kappa shape index (κ3) is 3.58. The second-order valence-corrected chi connectivity index (χ2v) is 6.80. The van der Waals surface area contributed by atoms with Crippen molar-refractivity contribution < 1.29 is 9.53 Å². The van der Waals surface area contributed by atoms with Gasteiger partial charge in [-0.15, -0.1) is 11.3 Å². The number of hydrogen-bond acceptors (Lipinski definition) is 4. The smallest absolute Gasteiger partial charge is 0.338 e. The zero-order chi connectivity index (χ0) is 14.0. The van der Waals surface area contributed by atoms with Gasteiger partial charge in [0.2, 0.25) is 0 Å². The SMILES string of the molecule is Cc1c(N)cc(Br)cc1C(=O)OCc1cc(Br)cs1. The maximum Gasteiger partial charge on any atom is 0.338 e. The number of halogens is 2. The van der Waals surface area contributed by atoms with Gasteiger partial charge < -0.3 is 10.5 Å². The lowest BCUT2D eigenvalue weighted by Crippen LogP contribution is -2.08. The van der Waals surface area contributed by atoms with Crippen molar-refractivity contribution in [1.82, 2.24) is 0 Å². The fourth-order valence-corrected chi connectivity index (χ4v) is 3.39. The molecule has 0 fully saturated rings. The molecule has 6 heteroatoms. The molecule has 0 unspecified atom stereocenters. The van der Waals surface area contributed by atoms with Crippen LogP contribution in [0.1, 0.15) is 20.8 Å². The average Bonchev–Trinajstić information content (AvgIpc) is 2.76. The van der Waals surface area contributed by atoms with Gasteiger partial charge in [-0.2, -0.15) is 0 Å². The van der Waals surface area contributed by atoms with Crippen molar-refractivity contribution in [2.75, 3.05) is 5.73 Å². The Morgan fingerprint density at radius 1 is 1.32 bits per heavy atom. The minimum atomic E-state index is -0.366. The van der Waals surface area contributed by atoms with Crippen molar-refractivity contribution in [3.05, 3.63) is 48.5 Å². The number of carbonyl (C=O) groups is 1. The van der Waals surface area contributed by atoms with Gasteiger partial charge in [0.15, 0.2) is 0 Å². The summed E-state index contributed by atoms with van der Waals surface area (Å²) in [5.74, 6) is -0.366. The highest BCUT2D eigenvalue weighted by atomic mass is 79.9. The predicted octanol–water partition coefficient (Wildman–Crippen LogP) is 4.52. The van der Waals surface area contributed by atoms with E-state index in [9.17, 15) is 4.79 Å². The first-order valence-electron chi connectivity index (χ1n) is 5.43. The maximum atomic E-state index is 12.0. The number of ether oxygens (including phenoxy) is 1. The molecule has 2 N–H and O–H groups in total. The molecule has 3 nitrogen and oxygen atoms in total. The van der Waals surface area contributed by atoms with Gasteiger partial charge in [-0.05, 0) is 46.6 Å². The number of nitrogens with two attached hydrogens (primary N) is 1. The van der Waals surface area contributed by atoms with E-state index in [4.69, 9.17) is 10.5 Å². The summed E-state index contributed by atoms with van der Waals surface area (Å²) in [7, 11) is 0. The molecule has 0 saturated heterocycles. The summed E-state index contributed by atoms with van der Waals surface area (Å²) in [6.07, 6.45) is 0. The Morgan fingerprint density at radius 2 is 2.05 bits per heavy atom. The van der Waals surface area contributed by atoms with Crippen molar-refractivity contribution in [3.8, 4) is 0 Å². The molecular formula is C13H11Br2NO2S. The van der Waals surface area contributed by atoms with E-state index in [1.165, 1.54) is 11.3 Å². The minimum Gasteiger partial charge on any atom is -0.456 e.